The van der Waals surface area contributed by atoms with Gasteiger partial charge in [0.15, 0.2) is 5.58 Å². The van der Waals surface area contributed by atoms with E-state index in [9.17, 15) is 9.59 Å². The van der Waals surface area contributed by atoms with Gasteiger partial charge in [0, 0.05) is 5.69 Å². The van der Waals surface area contributed by atoms with Gasteiger partial charge in [-0.2, -0.15) is 0 Å². The summed E-state index contributed by atoms with van der Waals surface area (Å²) >= 11 is 11.8. The normalized spacial score (nSPS) is 10.9. The fourth-order valence-electron chi connectivity index (χ4n) is 2.16. The average Bonchev–Trinajstić information content (AvgIpc) is 2.81. The fourth-order valence-corrected chi connectivity index (χ4v) is 2.65. The van der Waals surface area contributed by atoms with Crippen molar-refractivity contribution >= 4 is 51.6 Å². The number of carbonyl (C=O) groups excluding carboxylic acids is 1. The van der Waals surface area contributed by atoms with Crippen LogP contribution in [0.4, 0.5) is 11.4 Å². The minimum absolute atomic E-state index is 0.199. The highest BCUT2D eigenvalue weighted by Crippen LogP contribution is 2.31. The third kappa shape index (κ3) is 3.04. The van der Waals surface area contributed by atoms with Crippen LogP contribution in [0.15, 0.2) is 45.6 Å². The number of fused-ring (bicyclic) bond motifs is 1. The van der Waals surface area contributed by atoms with Crippen LogP contribution < -0.4 is 16.8 Å². The lowest BCUT2D eigenvalue weighted by Crippen LogP contribution is -2.24. The maximum absolute atomic E-state index is 12.2. The van der Waals surface area contributed by atoms with Gasteiger partial charge in [-0.1, -0.05) is 35.3 Å². The zero-order chi connectivity index (χ0) is 16.6. The van der Waals surface area contributed by atoms with Crippen molar-refractivity contribution in [1.82, 2.24) is 4.57 Å². The van der Waals surface area contributed by atoms with Crippen molar-refractivity contribution < 1.29 is 9.21 Å². The molecule has 118 valence electrons. The summed E-state index contributed by atoms with van der Waals surface area (Å²) in [6.45, 7) is -0.199. The highest BCUT2D eigenvalue weighted by Gasteiger charge is 2.13. The van der Waals surface area contributed by atoms with Crippen molar-refractivity contribution in [3.8, 4) is 0 Å². The highest BCUT2D eigenvalue weighted by molar-refractivity contribution is 6.39. The van der Waals surface area contributed by atoms with Crippen molar-refractivity contribution in [2.24, 2.45) is 0 Å². The number of carbonyl (C=O) groups is 1. The molecule has 0 aliphatic heterocycles. The summed E-state index contributed by atoms with van der Waals surface area (Å²) in [5, 5.41) is 3.09. The number of nitrogens with zero attached hydrogens (tertiary/aromatic N) is 1. The van der Waals surface area contributed by atoms with Crippen LogP contribution in [-0.2, 0) is 11.3 Å². The molecule has 1 aromatic heterocycles. The predicted octanol–water partition coefficient (Wildman–Crippen LogP) is 3.12. The van der Waals surface area contributed by atoms with Crippen molar-refractivity contribution in [3.05, 3.63) is 57.0 Å². The van der Waals surface area contributed by atoms with E-state index in [0.29, 0.717) is 16.8 Å². The Morgan fingerprint density at radius 1 is 1.22 bits per heavy atom. The predicted molar refractivity (Wildman–Crippen MR) is 90.0 cm³/mol. The fraction of sp³-hybridized carbons (Fsp3) is 0.0667. The summed E-state index contributed by atoms with van der Waals surface area (Å²) in [6, 6.07) is 9.82. The monoisotopic (exact) mass is 351 g/mol. The molecule has 3 N–H and O–H groups in total. The number of nitrogen functional groups attached to an aromatic ring is 1. The molecule has 0 saturated heterocycles. The van der Waals surface area contributed by atoms with E-state index in [2.05, 4.69) is 5.32 Å². The Kier molecular flexibility index (Phi) is 4.02. The lowest BCUT2D eigenvalue weighted by molar-refractivity contribution is -0.116. The Morgan fingerprint density at radius 3 is 2.57 bits per heavy atom. The zero-order valence-corrected chi connectivity index (χ0v) is 13.2. The SMILES string of the molecule is Nc1c(Cl)cc(NC(=O)Cn2c(=O)oc3ccccc32)cc1Cl. The van der Waals surface area contributed by atoms with Crippen molar-refractivity contribution in [2.75, 3.05) is 11.1 Å². The lowest BCUT2D eigenvalue weighted by Gasteiger charge is -2.08. The summed E-state index contributed by atoms with van der Waals surface area (Å²) < 4.78 is 6.31. The molecule has 0 aliphatic rings. The van der Waals surface area contributed by atoms with Gasteiger partial charge in [0.1, 0.15) is 6.54 Å². The second-order valence-corrected chi connectivity index (χ2v) is 5.64. The summed E-state index contributed by atoms with van der Waals surface area (Å²) in [4.78, 5) is 24.0. The summed E-state index contributed by atoms with van der Waals surface area (Å²) in [6.07, 6.45) is 0. The van der Waals surface area contributed by atoms with Crippen LogP contribution in [0.2, 0.25) is 10.0 Å². The number of aromatic nitrogens is 1. The minimum Gasteiger partial charge on any atom is -0.408 e. The molecule has 0 aliphatic carbocycles. The number of anilines is 2. The first kappa shape index (κ1) is 15.5. The Morgan fingerprint density at radius 2 is 1.87 bits per heavy atom. The standard InChI is InChI=1S/C15H11Cl2N3O3/c16-9-5-8(6-10(17)14(9)18)19-13(21)7-20-11-3-1-2-4-12(11)23-15(20)22/h1-6H,7,18H2,(H,19,21). The maximum atomic E-state index is 12.2. The Labute approximate surface area is 140 Å². The van der Waals surface area contributed by atoms with Gasteiger partial charge >= 0.3 is 5.76 Å². The van der Waals surface area contributed by atoms with E-state index in [1.165, 1.54) is 16.7 Å². The third-order valence-electron chi connectivity index (χ3n) is 3.24. The first-order chi connectivity index (χ1) is 11.0. The van der Waals surface area contributed by atoms with Crippen molar-refractivity contribution in [1.29, 1.82) is 0 Å². The van der Waals surface area contributed by atoms with Crippen molar-refractivity contribution in [2.45, 2.75) is 6.54 Å². The van der Waals surface area contributed by atoms with E-state index in [0.717, 1.165) is 0 Å². The van der Waals surface area contributed by atoms with Crippen LogP contribution in [0.1, 0.15) is 0 Å². The van der Waals surface area contributed by atoms with E-state index in [-0.39, 0.29) is 22.3 Å². The number of benzene rings is 2. The molecule has 1 amide bonds. The molecule has 0 radical (unpaired) electrons. The van der Waals surface area contributed by atoms with Crippen LogP contribution in [0.3, 0.4) is 0 Å². The number of para-hydroxylation sites is 2. The van der Waals surface area contributed by atoms with Gasteiger partial charge in [-0.25, -0.2) is 4.79 Å². The zero-order valence-electron chi connectivity index (χ0n) is 11.7. The van der Waals surface area contributed by atoms with Gasteiger partial charge in [0.25, 0.3) is 0 Å². The first-order valence-corrected chi connectivity index (χ1v) is 7.34. The van der Waals surface area contributed by atoms with Crippen LogP contribution in [0.5, 0.6) is 0 Å². The maximum Gasteiger partial charge on any atom is 0.420 e. The van der Waals surface area contributed by atoms with E-state index >= 15 is 0 Å². The molecule has 0 spiro atoms. The Bertz CT molecular complexity index is 939. The lowest BCUT2D eigenvalue weighted by atomic mass is 10.2. The summed E-state index contributed by atoms with van der Waals surface area (Å²) in [5.41, 5.74) is 7.23. The molecule has 3 rings (SSSR count). The number of amides is 1. The summed E-state index contributed by atoms with van der Waals surface area (Å²) in [5.74, 6) is -1.02. The number of hydrogen-bond acceptors (Lipinski definition) is 4. The van der Waals surface area contributed by atoms with Crippen LogP contribution >= 0.6 is 23.2 Å². The Hall–Kier alpha value is -2.44. The molecule has 0 unspecified atom stereocenters. The van der Waals surface area contributed by atoms with Gasteiger partial charge < -0.3 is 15.5 Å². The largest absolute Gasteiger partial charge is 0.420 e. The van der Waals surface area contributed by atoms with Crippen LogP contribution in [0.25, 0.3) is 11.1 Å². The van der Waals surface area contributed by atoms with E-state index in [1.807, 2.05) is 0 Å². The number of halogens is 2. The van der Waals surface area contributed by atoms with Crippen molar-refractivity contribution in [3.63, 3.8) is 0 Å². The van der Waals surface area contributed by atoms with Gasteiger partial charge in [0.2, 0.25) is 5.91 Å². The van der Waals surface area contributed by atoms with Gasteiger partial charge in [-0.15, -0.1) is 0 Å². The molecule has 0 fully saturated rings. The Balaban J connectivity index is 1.84. The molecule has 8 heteroatoms. The quantitative estimate of drug-likeness (QED) is 0.709. The third-order valence-corrected chi connectivity index (χ3v) is 3.86. The smallest absolute Gasteiger partial charge is 0.408 e. The first-order valence-electron chi connectivity index (χ1n) is 6.58. The molecule has 2 aromatic carbocycles. The van der Waals surface area contributed by atoms with E-state index in [1.54, 1.807) is 24.3 Å². The molecule has 0 atom stereocenters. The highest BCUT2D eigenvalue weighted by atomic mass is 35.5. The molecule has 3 aromatic rings. The minimum atomic E-state index is -0.602. The number of rotatable bonds is 3. The van der Waals surface area contributed by atoms with Gasteiger partial charge in [-0.05, 0) is 24.3 Å². The average molecular weight is 352 g/mol. The van der Waals surface area contributed by atoms with Crippen LogP contribution in [0, 0.1) is 0 Å². The second kappa shape index (κ2) is 5.98. The number of nitrogens with one attached hydrogen (secondary N) is 1. The summed E-state index contributed by atoms with van der Waals surface area (Å²) in [7, 11) is 0. The molecule has 23 heavy (non-hydrogen) atoms. The molecular formula is C15H11Cl2N3O3. The molecular weight excluding hydrogens is 341 g/mol. The van der Waals surface area contributed by atoms with Crippen LogP contribution in [-0.4, -0.2) is 10.5 Å². The molecule has 1 heterocycles. The van der Waals surface area contributed by atoms with Gasteiger partial charge in [0.05, 0.1) is 21.2 Å². The second-order valence-electron chi connectivity index (χ2n) is 4.82. The number of oxazole rings is 1. The molecule has 0 bridgehead atoms. The number of hydrogen-bond donors (Lipinski definition) is 2. The number of nitrogens with two attached hydrogens (primary N) is 1. The molecule has 0 saturated carbocycles. The van der Waals surface area contributed by atoms with E-state index < -0.39 is 11.7 Å². The van der Waals surface area contributed by atoms with E-state index in [4.69, 9.17) is 33.4 Å². The van der Waals surface area contributed by atoms with Gasteiger partial charge in [-0.3, -0.25) is 9.36 Å². The topological polar surface area (TPSA) is 90.3 Å². The molecule has 6 nitrogen and oxygen atoms in total.